The van der Waals surface area contributed by atoms with Gasteiger partial charge in [0.2, 0.25) is 0 Å². The predicted molar refractivity (Wildman–Crippen MR) is 75.4 cm³/mol. The molecule has 1 aliphatic carbocycles. The Labute approximate surface area is 117 Å². The Morgan fingerprint density at radius 2 is 2.16 bits per heavy atom. The van der Waals surface area contributed by atoms with E-state index >= 15 is 0 Å². The second-order valence-electron chi connectivity index (χ2n) is 5.14. The van der Waals surface area contributed by atoms with E-state index in [0.717, 1.165) is 17.9 Å². The highest BCUT2D eigenvalue weighted by atomic mass is 32.2. The van der Waals surface area contributed by atoms with Gasteiger partial charge in [0.15, 0.2) is 0 Å². The number of carboxylic acids is 1. The molecule has 0 saturated heterocycles. The average Bonchev–Trinajstić information content (AvgIpc) is 2.41. The van der Waals surface area contributed by atoms with Gasteiger partial charge >= 0.3 is 5.97 Å². The van der Waals surface area contributed by atoms with Crippen molar-refractivity contribution in [1.82, 2.24) is 9.97 Å². The minimum absolute atomic E-state index is 0.594. The number of hydrogen-bond donors (Lipinski definition) is 2. The molecule has 1 fully saturated rings. The molecule has 0 aliphatic heterocycles. The van der Waals surface area contributed by atoms with E-state index in [1.807, 2.05) is 6.26 Å². The molecular formula is C13H19N3O2S. The van der Waals surface area contributed by atoms with E-state index < -0.39 is 11.5 Å². The first-order valence-corrected chi connectivity index (χ1v) is 7.66. The van der Waals surface area contributed by atoms with Crippen molar-refractivity contribution in [3.05, 3.63) is 12.4 Å². The van der Waals surface area contributed by atoms with Crippen LogP contribution in [0.4, 0.5) is 5.82 Å². The van der Waals surface area contributed by atoms with Crippen LogP contribution in [-0.4, -0.2) is 32.8 Å². The summed E-state index contributed by atoms with van der Waals surface area (Å²) >= 11 is 1.51. The van der Waals surface area contributed by atoms with Crippen LogP contribution < -0.4 is 5.32 Å². The molecule has 2 rings (SSSR count). The van der Waals surface area contributed by atoms with E-state index in [1.165, 1.54) is 18.1 Å². The topological polar surface area (TPSA) is 75.1 Å². The summed E-state index contributed by atoms with van der Waals surface area (Å²) in [6, 6.07) is 1.80. The highest BCUT2D eigenvalue weighted by Crippen LogP contribution is 2.34. The van der Waals surface area contributed by atoms with Gasteiger partial charge in [-0.25, -0.2) is 14.8 Å². The molecule has 0 unspecified atom stereocenters. The van der Waals surface area contributed by atoms with Crippen LogP contribution in [0.5, 0.6) is 0 Å². The molecule has 0 spiro atoms. The highest BCUT2D eigenvalue weighted by Gasteiger charge is 2.41. The van der Waals surface area contributed by atoms with Crippen LogP contribution in [0.15, 0.2) is 17.4 Å². The molecule has 1 saturated carbocycles. The zero-order chi connectivity index (χ0) is 13.9. The molecule has 2 N–H and O–H groups in total. The Morgan fingerprint density at radius 3 is 2.74 bits per heavy atom. The highest BCUT2D eigenvalue weighted by molar-refractivity contribution is 7.98. The van der Waals surface area contributed by atoms with E-state index in [9.17, 15) is 9.90 Å². The average molecular weight is 281 g/mol. The fourth-order valence-electron chi connectivity index (χ4n) is 2.41. The van der Waals surface area contributed by atoms with E-state index in [0.29, 0.717) is 24.6 Å². The van der Waals surface area contributed by atoms with Crippen molar-refractivity contribution in [2.75, 3.05) is 11.6 Å². The number of aromatic nitrogens is 2. The predicted octanol–water partition coefficient (Wildman–Crippen LogP) is 2.64. The maximum atomic E-state index is 11.6. The summed E-state index contributed by atoms with van der Waals surface area (Å²) in [6.45, 7) is 2.17. The van der Waals surface area contributed by atoms with Crippen LogP contribution in [0.1, 0.15) is 32.6 Å². The SMILES string of the molecule is CSc1cc(NC2(C(=O)O)CCC(C)CC2)ncn1. The van der Waals surface area contributed by atoms with E-state index in [-0.39, 0.29) is 0 Å². The zero-order valence-electron chi connectivity index (χ0n) is 11.2. The van der Waals surface area contributed by atoms with Gasteiger partial charge in [0.25, 0.3) is 0 Å². The molecule has 0 atom stereocenters. The smallest absolute Gasteiger partial charge is 0.329 e. The summed E-state index contributed by atoms with van der Waals surface area (Å²) in [6.07, 6.45) is 6.54. The van der Waals surface area contributed by atoms with Gasteiger partial charge in [0, 0.05) is 6.07 Å². The third-order valence-electron chi connectivity index (χ3n) is 3.76. The lowest BCUT2D eigenvalue weighted by atomic mass is 9.77. The van der Waals surface area contributed by atoms with Crippen LogP contribution in [0, 0.1) is 5.92 Å². The Hall–Kier alpha value is -1.30. The van der Waals surface area contributed by atoms with Crippen molar-refractivity contribution in [1.29, 1.82) is 0 Å². The summed E-state index contributed by atoms with van der Waals surface area (Å²) in [5.41, 5.74) is -0.878. The van der Waals surface area contributed by atoms with Crippen molar-refractivity contribution in [3.63, 3.8) is 0 Å². The van der Waals surface area contributed by atoms with Crippen molar-refractivity contribution in [2.45, 2.75) is 43.2 Å². The molecule has 1 aliphatic rings. The van der Waals surface area contributed by atoms with Crippen LogP contribution in [-0.2, 0) is 4.79 Å². The van der Waals surface area contributed by atoms with Gasteiger partial charge in [0.1, 0.15) is 22.7 Å². The fourth-order valence-corrected chi connectivity index (χ4v) is 2.79. The number of anilines is 1. The van der Waals surface area contributed by atoms with Gasteiger partial charge in [-0.1, -0.05) is 6.92 Å². The number of hydrogen-bond acceptors (Lipinski definition) is 5. The largest absolute Gasteiger partial charge is 0.480 e. The number of carbonyl (C=O) groups is 1. The molecule has 5 nitrogen and oxygen atoms in total. The van der Waals surface area contributed by atoms with Crippen LogP contribution in [0.2, 0.25) is 0 Å². The third-order valence-corrected chi connectivity index (χ3v) is 4.40. The molecule has 0 radical (unpaired) electrons. The zero-order valence-corrected chi connectivity index (χ0v) is 12.0. The maximum Gasteiger partial charge on any atom is 0.329 e. The summed E-state index contributed by atoms with van der Waals surface area (Å²) in [7, 11) is 0. The molecule has 0 amide bonds. The number of rotatable bonds is 4. The van der Waals surface area contributed by atoms with Gasteiger partial charge in [0.05, 0.1) is 0 Å². The summed E-state index contributed by atoms with van der Waals surface area (Å²) in [4.78, 5) is 19.9. The van der Waals surface area contributed by atoms with Gasteiger partial charge in [-0.15, -0.1) is 11.8 Å². The first-order valence-electron chi connectivity index (χ1n) is 6.43. The standard InChI is InChI=1S/C13H19N3O2S/c1-9-3-5-13(6-4-9,12(17)18)16-10-7-11(19-2)15-8-14-10/h7-9H,3-6H2,1-2H3,(H,17,18)(H,14,15,16). The normalized spacial score (nSPS) is 26.9. The Balaban J connectivity index is 2.19. The first-order chi connectivity index (χ1) is 9.05. The van der Waals surface area contributed by atoms with Crippen molar-refractivity contribution >= 4 is 23.5 Å². The molecule has 1 heterocycles. The van der Waals surface area contributed by atoms with E-state index in [2.05, 4.69) is 22.2 Å². The monoisotopic (exact) mass is 281 g/mol. The quantitative estimate of drug-likeness (QED) is 0.653. The number of thioether (sulfide) groups is 1. The summed E-state index contributed by atoms with van der Waals surface area (Å²) < 4.78 is 0. The van der Waals surface area contributed by atoms with E-state index in [4.69, 9.17) is 0 Å². The van der Waals surface area contributed by atoms with Gasteiger partial charge in [-0.2, -0.15) is 0 Å². The maximum absolute atomic E-state index is 11.6. The fraction of sp³-hybridized carbons (Fsp3) is 0.615. The number of nitrogens with one attached hydrogen (secondary N) is 1. The lowest BCUT2D eigenvalue weighted by Crippen LogP contribution is -2.49. The van der Waals surface area contributed by atoms with Crippen LogP contribution in [0.25, 0.3) is 0 Å². The van der Waals surface area contributed by atoms with Crippen LogP contribution >= 0.6 is 11.8 Å². The van der Waals surface area contributed by atoms with Crippen LogP contribution in [0.3, 0.4) is 0 Å². The molecule has 6 heteroatoms. The molecule has 1 aromatic heterocycles. The molecule has 19 heavy (non-hydrogen) atoms. The first kappa shape index (κ1) is 14.1. The van der Waals surface area contributed by atoms with Crippen molar-refractivity contribution in [3.8, 4) is 0 Å². The van der Waals surface area contributed by atoms with E-state index in [1.54, 1.807) is 6.07 Å². The Morgan fingerprint density at radius 1 is 1.47 bits per heavy atom. The lowest BCUT2D eigenvalue weighted by Gasteiger charge is -2.36. The second-order valence-corrected chi connectivity index (χ2v) is 5.97. The van der Waals surface area contributed by atoms with Crippen molar-refractivity contribution in [2.24, 2.45) is 5.92 Å². The number of carboxylic acid groups (broad SMARTS) is 1. The number of aliphatic carboxylic acids is 1. The summed E-state index contributed by atoms with van der Waals surface area (Å²) in [5, 5.41) is 13.5. The molecule has 0 aromatic carbocycles. The van der Waals surface area contributed by atoms with Gasteiger partial charge < -0.3 is 10.4 Å². The molecule has 104 valence electrons. The molecular weight excluding hydrogens is 262 g/mol. The minimum atomic E-state index is -0.878. The minimum Gasteiger partial charge on any atom is -0.480 e. The Bertz CT molecular complexity index is 459. The second kappa shape index (κ2) is 5.77. The third kappa shape index (κ3) is 3.18. The van der Waals surface area contributed by atoms with Gasteiger partial charge in [-0.05, 0) is 37.9 Å². The Kier molecular flexibility index (Phi) is 4.29. The summed E-state index contributed by atoms with van der Waals surface area (Å²) in [5.74, 6) is 0.404. The molecule has 1 aromatic rings. The van der Waals surface area contributed by atoms with Gasteiger partial charge in [-0.3, -0.25) is 0 Å². The number of nitrogens with zero attached hydrogens (tertiary/aromatic N) is 2. The van der Waals surface area contributed by atoms with Crippen molar-refractivity contribution < 1.29 is 9.90 Å². The molecule has 0 bridgehead atoms. The lowest BCUT2D eigenvalue weighted by molar-refractivity contribution is -0.143.